The second-order valence-electron chi connectivity index (χ2n) is 6.13. The first-order valence-corrected chi connectivity index (χ1v) is 9.04. The Morgan fingerprint density at radius 1 is 1.08 bits per heavy atom. The highest BCUT2D eigenvalue weighted by molar-refractivity contribution is 8.13. The SMILES string of the molecule is COc1cc(C(CC=C(C)C)SC(C)=O)c(OC)c2c1C(=O)C=CC2=O. The van der Waals surface area contributed by atoms with Crippen molar-refractivity contribution in [2.75, 3.05) is 14.2 Å². The van der Waals surface area contributed by atoms with Gasteiger partial charge in [-0.1, -0.05) is 23.4 Å². The van der Waals surface area contributed by atoms with Gasteiger partial charge in [0, 0.05) is 17.7 Å². The van der Waals surface area contributed by atoms with Crippen molar-refractivity contribution in [3.63, 3.8) is 0 Å². The van der Waals surface area contributed by atoms with Gasteiger partial charge in [-0.25, -0.2) is 0 Å². The van der Waals surface area contributed by atoms with E-state index in [2.05, 4.69) is 0 Å². The van der Waals surface area contributed by atoms with Gasteiger partial charge in [0.25, 0.3) is 0 Å². The number of hydrogen-bond acceptors (Lipinski definition) is 6. The largest absolute Gasteiger partial charge is 0.496 e. The van der Waals surface area contributed by atoms with Gasteiger partial charge in [-0.3, -0.25) is 14.4 Å². The van der Waals surface area contributed by atoms with E-state index < -0.39 is 0 Å². The number of carbonyl (C=O) groups is 3. The molecule has 0 heterocycles. The first-order valence-electron chi connectivity index (χ1n) is 8.16. The van der Waals surface area contributed by atoms with Gasteiger partial charge in [-0.15, -0.1) is 0 Å². The van der Waals surface area contributed by atoms with Gasteiger partial charge in [-0.2, -0.15) is 0 Å². The van der Waals surface area contributed by atoms with Crippen LogP contribution in [-0.4, -0.2) is 30.9 Å². The van der Waals surface area contributed by atoms with Gasteiger partial charge < -0.3 is 9.47 Å². The molecule has 1 aliphatic rings. The highest BCUT2D eigenvalue weighted by Gasteiger charge is 2.32. The van der Waals surface area contributed by atoms with E-state index in [4.69, 9.17) is 9.47 Å². The molecule has 0 radical (unpaired) electrons. The topological polar surface area (TPSA) is 69.7 Å². The fourth-order valence-corrected chi connectivity index (χ4v) is 3.75. The van der Waals surface area contributed by atoms with Crippen LogP contribution in [0.1, 0.15) is 58.7 Å². The summed E-state index contributed by atoms with van der Waals surface area (Å²) in [7, 11) is 2.91. The minimum Gasteiger partial charge on any atom is -0.496 e. The van der Waals surface area contributed by atoms with Crippen LogP contribution < -0.4 is 9.47 Å². The van der Waals surface area contributed by atoms with E-state index in [1.165, 1.54) is 33.3 Å². The van der Waals surface area contributed by atoms with E-state index in [0.29, 0.717) is 23.5 Å². The predicted octanol–water partition coefficient (Wildman–Crippen LogP) is 4.32. The summed E-state index contributed by atoms with van der Waals surface area (Å²) in [6, 6.07) is 1.70. The third-order valence-electron chi connectivity index (χ3n) is 3.97. The summed E-state index contributed by atoms with van der Waals surface area (Å²) in [6.07, 6.45) is 5.08. The normalized spacial score (nSPS) is 13.9. The van der Waals surface area contributed by atoms with E-state index in [0.717, 1.165) is 17.3 Å². The molecule has 0 aliphatic heterocycles. The molecule has 1 aromatic rings. The lowest BCUT2D eigenvalue weighted by molar-refractivity contribution is -0.109. The van der Waals surface area contributed by atoms with Crippen LogP contribution in [0.4, 0.5) is 0 Å². The van der Waals surface area contributed by atoms with Crippen LogP contribution in [0.15, 0.2) is 29.9 Å². The first kappa shape index (κ1) is 20.0. The van der Waals surface area contributed by atoms with Crippen LogP contribution in [-0.2, 0) is 4.79 Å². The molecule has 5 nitrogen and oxygen atoms in total. The maximum absolute atomic E-state index is 12.5. The fourth-order valence-electron chi connectivity index (χ4n) is 2.86. The maximum Gasteiger partial charge on any atom is 0.190 e. The van der Waals surface area contributed by atoms with Crippen molar-refractivity contribution in [1.29, 1.82) is 0 Å². The minimum atomic E-state index is -0.314. The molecule has 0 amide bonds. The standard InChI is InChI=1S/C20H22O5S/c1-11(2)6-9-17(26-12(3)21)13-10-16(24-4)18-14(22)7-8-15(23)19(18)20(13)25-5/h6-8,10,17H,9H2,1-5H3. The Labute approximate surface area is 157 Å². The molecule has 1 atom stereocenters. The van der Waals surface area contributed by atoms with Crippen LogP contribution in [0.3, 0.4) is 0 Å². The Morgan fingerprint density at radius 3 is 2.19 bits per heavy atom. The lowest BCUT2D eigenvalue weighted by atomic mass is 9.89. The Kier molecular flexibility index (Phi) is 6.42. The van der Waals surface area contributed by atoms with Crippen molar-refractivity contribution in [2.45, 2.75) is 32.4 Å². The quantitative estimate of drug-likeness (QED) is 0.691. The van der Waals surface area contributed by atoms with Crippen LogP contribution in [0.25, 0.3) is 0 Å². The molecular weight excluding hydrogens is 352 g/mol. The molecule has 1 aliphatic carbocycles. The molecule has 0 bridgehead atoms. The molecule has 0 saturated heterocycles. The Hall–Kier alpha value is -2.34. The molecule has 138 valence electrons. The van der Waals surface area contributed by atoms with E-state index in [-0.39, 0.29) is 33.1 Å². The summed E-state index contributed by atoms with van der Waals surface area (Å²) in [6.45, 7) is 5.46. The van der Waals surface area contributed by atoms with E-state index in [1.54, 1.807) is 6.07 Å². The summed E-state index contributed by atoms with van der Waals surface area (Å²) in [5, 5.41) is -0.302. The van der Waals surface area contributed by atoms with Crippen molar-refractivity contribution >= 4 is 28.4 Å². The third kappa shape index (κ3) is 4.07. The first-order chi connectivity index (χ1) is 12.3. The number of fused-ring (bicyclic) bond motifs is 1. The molecule has 0 aromatic heterocycles. The summed E-state index contributed by atoms with van der Waals surface area (Å²) >= 11 is 1.16. The molecule has 26 heavy (non-hydrogen) atoms. The van der Waals surface area contributed by atoms with Crippen LogP contribution in [0.5, 0.6) is 11.5 Å². The molecule has 0 fully saturated rings. The van der Waals surface area contributed by atoms with Crippen molar-refractivity contribution in [1.82, 2.24) is 0 Å². The number of benzene rings is 1. The molecule has 1 unspecified atom stereocenters. The third-order valence-corrected chi connectivity index (χ3v) is 5.03. The van der Waals surface area contributed by atoms with Gasteiger partial charge >= 0.3 is 0 Å². The van der Waals surface area contributed by atoms with Gasteiger partial charge in [0.2, 0.25) is 0 Å². The zero-order valence-corrected chi connectivity index (χ0v) is 16.4. The average Bonchev–Trinajstić information content (AvgIpc) is 2.59. The number of ketones is 2. The van der Waals surface area contributed by atoms with Crippen molar-refractivity contribution in [3.05, 3.63) is 46.6 Å². The molecule has 0 spiro atoms. The Morgan fingerprint density at radius 2 is 1.69 bits per heavy atom. The van der Waals surface area contributed by atoms with E-state index in [9.17, 15) is 14.4 Å². The molecule has 0 N–H and O–H groups in total. The summed E-state index contributed by atoms with van der Waals surface area (Å²) < 4.78 is 10.9. The Bertz CT molecular complexity index is 816. The summed E-state index contributed by atoms with van der Waals surface area (Å²) in [5.41, 5.74) is 2.18. The number of methoxy groups -OCH3 is 2. The number of ether oxygens (including phenoxy) is 2. The molecule has 6 heteroatoms. The average molecular weight is 374 g/mol. The van der Waals surface area contributed by atoms with Gasteiger partial charge in [0.15, 0.2) is 16.7 Å². The van der Waals surface area contributed by atoms with Crippen molar-refractivity contribution < 1.29 is 23.9 Å². The minimum absolute atomic E-state index is 0.0433. The van der Waals surface area contributed by atoms with Crippen LogP contribution in [0.2, 0.25) is 0 Å². The molecule has 1 aromatic carbocycles. The number of hydrogen-bond donors (Lipinski definition) is 0. The number of rotatable bonds is 6. The van der Waals surface area contributed by atoms with Gasteiger partial charge in [0.05, 0.1) is 25.3 Å². The smallest absolute Gasteiger partial charge is 0.190 e. The number of allylic oxidation sites excluding steroid dienone is 4. The lowest BCUT2D eigenvalue weighted by Crippen LogP contribution is -2.17. The van der Waals surface area contributed by atoms with Crippen molar-refractivity contribution in [3.8, 4) is 11.5 Å². The molecular formula is C20H22O5S. The van der Waals surface area contributed by atoms with Gasteiger partial charge in [-0.05, 0) is 38.5 Å². The molecule has 2 rings (SSSR count). The number of thioether (sulfide) groups is 1. The maximum atomic E-state index is 12.5. The number of carbonyl (C=O) groups excluding carboxylic acids is 3. The van der Waals surface area contributed by atoms with Gasteiger partial charge in [0.1, 0.15) is 11.5 Å². The van der Waals surface area contributed by atoms with Crippen molar-refractivity contribution in [2.24, 2.45) is 0 Å². The highest BCUT2D eigenvalue weighted by atomic mass is 32.2. The fraction of sp³-hybridized carbons (Fsp3) is 0.350. The van der Waals surface area contributed by atoms with Crippen LogP contribution >= 0.6 is 11.8 Å². The predicted molar refractivity (Wildman–Crippen MR) is 102 cm³/mol. The summed E-state index contributed by atoms with van der Waals surface area (Å²) in [4.78, 5) is 36.6. The monoisotopic (exact) mass is 374 g/mol. The zero-order valence-electron chi connectivity index (χ0n) is 15.5. The van der Waals surface area contributed by atoms with Crippen LogP contribution in [0, 0.1) is 0 Å². The zero-order chi connectivity index (χ0) is 19.4. The Balaban J connectivity index is 2.72. The second kappa shape index (κ2) is 8.36. The lowest BCUT2D eigenvalue weighted by Gasteiger charge is -2.23. The summed E-state index contributed by atoms with van der Waals surface area (Å²) in [5.74, 6) is 0.0148. The highest BCUT2D eigenvalue weighted by Crippen LogP contribution is 2.45. The van der Waals surface area contributed by atoms with E-state index >= 15 is 0 Å². The molecule has 0 saturated carbocycles. The second-order valence-corrected chi connectivity index (χ2v) is 7.51. The van der Waals surface area contributed by atoms with E-state index in [1.807, 2.05) is 19.9 Å².